The van der Waals surface area contributed by atoms with E-state index in [4.69, 9.17) is 5.73 Å². The first-order chi connectivity index (χ1) is 7.11. The zero-order valence-corrected chi connectivity index (χ0v) is 10.3. The van der Waals surface area contributed by atoms with Crippen molar-refractivity contribution < 1.29 is 4.79 Å². The van der Waals surface area contributed by atoms with Gasteiger partial charge in [-0.2, -0.15) is 0 Å². The quantitative estimate of drug-likeness (QED) is 0.709. The van der Waals surface area contributed by atoms with Crippen LogP contribution < -0.4 is 11.1 Å². The van der Waals surface area contributed by atoms with E-state index in [0.29, 0.717) is 0 Å². The minimum absolute atomic E-state index is 0.0362. The summed E-state index contributed by atoms with van der Waals surface area (Å²) < 4.78 is 0. The molecular formula is C10H21N3OS. The smallest absolute Gasteiger partial charge is 0.235 e. The van der Waals surface area contributed by atoms with Crippen molar-refractivity contribution in [2.75, 3.05) is 31.9 Å². The summed E-state index contributed by atoms with van der Waals surface area (Å²) in [5.74, 6) is 1.10. The lowest BCUT2D eigenvalue weighted by atomic mass is 10.3. The second kappa shape index (κ2) is 6.35. The summed E-state index contributed by atoms with van der Waals surface area (Å²) in [7, 11) is 0. The van der Waals surface area contributed by atoms with E-state index in [1.54, 1.807) is 11.8 Å². The maximum atomic E-state index is 11.9. The number of nitrogens with zero attached hydrogens (tertiary/aromatic N) is 1. The highest BCUT2D eigenvalue weighted by molar-refractivity contribution is 8.00. The molecule has 1 fully saturated rings. The molecule has 2 atom stereocenters. The molecule has 4 nitrogen and oxygen atoms in total. The molecule has 0 aromatic carbocycles. The van der Waals surface area contributed by atoms with Gasteiger partial charge >= 0.3 is 0 Å². The fourth-order valence-electron chi connectivity index (χ4n) is 1.51. The van der Waals surface area contributed by atoms with Gasteiger partial charge in [0.15, 0.2) is 0 Å². The van der Waals surface area contributed by atoms with E-state index < -0.39 is 0 Å². The minimum atomic E-state index is 0.0362. The number of nitrogens with one attached hydrogen (secondary N) is 1. The first-order valence-electron chi connectivity index (χ1n) is 5.48. The molecule has 5 heteroatoms. The molecule has 1 heterocycles. The predicted octanol–water partition coefficient (Wildman–Crippen LogP) is -0.113. The fourth-order valence-corrected chi connectivity index (χ4v) is 2.39. The normalized spacial score (nSPS) is 21.1. The van der Waals surface area contributed by atoms with Crippen molar-refractivity contribution in [3.63, 3.8) is 0 Å². The van der Waals surface area contributed by atoms with Crippen LogP contribution in [0.15, 0.2) is 0 Å². The maximum absolute atomic E-state index is 11.9. The lowest BCUT2D eigenvalue weighted by molar-refractivity contribution is -0.130. The lowest BCUT2D eigenvalue weighted by Gasteiger charge is -2.29. The monoisotopic (exact) mass is 231 g/mol. The third kappa shape index (κ3) is 4.40. The number of hydrogen-bond donors (Lipinski definition) is 2. The second-order valence-corrected chi connectivity index (χ2v) is 5.40. The molecule has 1 amide bonds. The van der Waals surface area contributed by atoms with Gasteiger partial charge in [-0.3, -0.25) is 4.79 Å². The van der Waals surface area contributed by atoms with E-state index in [1.807, 2.05) is 18.7 Å². The molecule has 0 bridgehead atoms. The first-order valence-corrected chi connectivity index (χ1v) is 6.53. The molecule has 0 saturated carbocycles. The van der Waals surface area contributed by atoms with Gasteiger partial charge in [-0.25, -0.2) is 0 Å². The van der Waals surface area contributed by atoms with Gasteiger partial charge in [-0.15, -0.1) is 11.8 Å². The van der Waals surface area contributed by atoms with Crippen LogP contribution in [0.25, 0.3) is 0 Å². The zero-order valence-electron chi connectivity index (χ0n) is 9.53. The average molecular weight is 231 g/mol. The third-order valence-electron chi connectivity index (χ3n) is 2.39. The van der Waals surface area contributed by atoms with Crippen LogP contribution in [-0.4, -0.2) is 54.0 Å². The zero-order chi connectivity index (χ0) is 11.3. The van der Waals surface area contributed by atoms with E-state index in [-0.39, 0.29) is 17.2 Å². The highest BCUT2D eigenvalue weighted by atomic mass is 32.2. The maximum Gasteiger partial charge on any atom is 0.235 e. The molecule has 0 aromatic heterocycles. The van der Waals surface area contributed by atoms with E-state index in [0.717, 1.165) is 31.9 Å². The molecular weight excluding hydrogens is 210 g/mol. The highest BCUT2D eigenvalue weighted by Gasteiger charge is 2.22. The van der Waals surface area contributed by atoms with Gasteiger partial charge in [0, 0.05) is 38.0 Å². The van der Waals surface area contributed by atoms with E-state index in [2.05, 4.69) is 5.32 Å². The largest absolute Gasteiger partial charge is 0.339 e. The van der Waals surface area contributed by atoms with Crippen molar-refractivity contribution in [2.45, 2.75) is 25.1 Å². The van der Waals surface area contributed by atoms with Gasteiger partial charge in [-0.05, 0) is 13.8 Å². The summed E-state index contributed by atoms with van der Waals surface area (Å²) in [5, 5.41) is 3.27. The highest BCUT2D eigenvalue weighted by Crippen LogP contribution is 2.14. The van der Waals surface area contributed by atoms with Crippen LogP contribution in [0, 0.1) is 0 Å². The molecule has 88 valence electrons. The number of hydrogen-bond acceptors (Lipinski definition) is 4. The molecule has 1 rings (SSSR count). The number of piperazine rings is 1. The third-order valence-corrected chi connectivity index (χ3v) is 3.81. The van der Waals surface area contributed by atoms with E-state index in [9.17, 15) is 4.79 Å². The van der Waals surface area contributed by atoms with Crippen LogP contribution in [0.4, 0.5) is 0 Å². The Kier molecular flexibility index (Phi) is 5.42. The Morgan fingerprint density at radius 3 is 2.60 bits per heavy atom. The topological polar surface area (TPSA) is 58.4 Å². The Morgan fingerprint density at radius 2 is 2.07 bits per heavy atom. The molecule has 15 heavy (non-hydrogen) atoms. The Morgan fingerprint density at radius 1 is 1.47 bits per heavy atom. The molecule has 2 unspecified atom stereocenters. The standard InChI is InChI=1S/C10H21N3OS/c1-8(11)7-15-9(2)10(14)13-5-3-12-4-6-13/h8-9,12H,3-7,11H2,1-2H3. The number of carbonyl (C=O) groups is 1. The summed E-state index contributed by atoms with van der Waals surface area (Å²) in [4.78, 5) is 13.9. The van der Waals surface area contributed by atoms with Crippen LogP contribution in [-0.2, 0) is 4.79 Å². The predicted molar refractivity (Wildman–Crippen MR) is 65.0 cm³/mol. The number of nitrogens with two attached hydrogens (primary N) is 1. The van der Waals surface area contributed by atoms with Gasteiger partial charge < -0.3 is 16.0 Å². The van der Waals surface area contributed by atoms with Crippen LogP contribution in [0.3, 0.4) is 0 Å². The molecule has 0 aromatic rings. The SMILES string of the molecule is CC(N)CSC(C)C(=O)N1CCNCC1. The molecule has 0 spiro atoms. The summed E-state index contributed by atoms with van der Waals surface area (Å²) >= 11 is 1.65. The van der Waals surface area contributed by atoms with Gasteiger partial charge in [0.1, 0.15) is 0 Å². The first kappa shape index (κ1) is 12.8. The summed E-state index contributed by atoms with van der Waals surface area (Å²) in [6.45, 7) is 7.43. The Hall–Kier alpha value is -0.260. The Bertz CT molecular complexity index is 205. The Balaban J connectivity index is 2.30. The van der Waals surface area contributed by atoms with Crippen LogP contribution >= 0.6 is 11.8 Å². The number of thioether (sulfide) groups is 1. The lowest BCUT2D eigenvalue weighted by Crippen LogP contribution is -2.48. The van der Waals surface area contributed by atoms with E-state index >= 15 is 0 Å². The molecule has 1 aliphatic rings. The molecule has 0 radical (unpaired) electrons. The van der Waals surface area contributed by atoms with Crippen molar-refractivity contribution >= 4 is 17.7 Å². The molecule has 1 saturated heterocycles. The summed E-state index contributed by atoms with van der Waals surface area (Å²) in [5.41, 5.74) is 5.66. The molecule has 3 N–H and O–H groups in total. The number of carbonyl (C=O) groups excluding carboxylic acids is 1. The van der Waals surface area contributed by atoms with Crippen molar-refractivity contribution in [1.29, 1.82) is 0 Å². The van der Waals surface area contributed by atoms with Gasteiger partial charge in [0.25, 0.3) is 0 Å². The van der Waals surface area contributed by atoms with E-state index in [1.165, 1.54) is 0 Å². The average Bonchev–Trinajstić information content (AvgIpc) is 2.26. The summed E-state index contributed by atoms with van der Waals surface area (Å²) in [6.07, 6.45) is 0. The van der Waals surface area contributed by atoms with Gasteiger partial charge in [-0.1, -0.05) is 0 Å². The van der Waals surface area contributed by atoms with Crippen molar-refractivity contribution in [3.8, 4) is 0 Å². The Labute approximate surface area is 96.0 Å². The van der Waals surface area contributed by atoms with Crippen molar-refractivity contribution in [3.05, 3.63) is 0 Å². The number of rotatable bonds is 4. The minimum Gasteiger partial charge on any atom is -0.339 e. The molecule has 1 aliphatic heterocycles. The molecule has 0 aliphatic carbocycles. The van der Waals surface area contributed by atoms with Crippen molar-refractivity contribution in [1.82, 2.24) is 10.2 Å². The van der Waals surface area contributed by atoms with Gasteiger partial charge in [0.2, 0.25) is 5.91 Å². The fraction of sp³-hybridized carbons (Fsp3) is 0.900. The van der Waals surface area contributed by atoms with Gasteiger partial charge in [0.05, 0.1) is 5.25 Å². The summed E-state index contributed by atoms with van der Waals surface area (Å²) in [6, 6.07) is 0.160. The van der Waals surface area contributed by atoms with Crippen LogP contribution in [0.2, 0.25) is 0 Å². The van der Waals surface area contributed by atoms with Crippen molar-refractivity contribution in [2.24, 2.45) is 5.73 Å². The van der Waals surface area contributed by atoms with Crippen LogP contribution in [0.5, 0.6) is 0 Å². The van der Waals surface area contributed by atoms with Crippen LogP contribution in [0.1, 0.15) is 13.8 Å². The second-order valence-electron chi connectivity index (χ2n) is 4.03. The number of amides is 1.